The summed E-state index contributed by atoms with van der Waals surface area (Å²) in [6.07, 6.45) is 5.95. The van der Waals surface area contributed by atoms with Gasteiger partial charge in [0, 0.05) is 0 Å². The maximum absolute atomic E-state index is 2.34. The molecule has 0 nitrogen and oxygen atoms in total. The highest BCUT2D eigenvalue weighted by Gasteiger charge is 2.42. The third-order valence-electron chi connectivity index (χ3n) is 4.30. The lowest BCUT2D eigenvalue weighted by Gasteiger charge is -2.30. The van der Waals surface area contributed by atoms with E-state index in [1.54, 1.807) is 5.46 Å². The van der Waals surface area contributed by atoms with Gasteiger partial charge in [0.2, 0.25) is 0 Å². The Morgan fingerprint density at radius 1 is 1.00 bits per heavy atom. The minimum absolute atomic E-state index is 0.882. The van der Waals surface area contributed by atoms with Crippen molar-refractivity contribution in [3.05, 3.63) is 29.8 Å². The van der Waals surface area contributed by atoms with Crippen LogP contribution in [0.3, 0.4) is 0 Å². The minimum Gasteiger partial charge on any atom is -0.0800 e. The van der Waals surface area contributed by atoms with Gasteiger partial charge in [0.25, 0.3) is 0 Å². The highest BCUT2D eigenvalue weighted by atomic mass is 14.4. The average Bonchev–Trinajstić information content (AvgIpc) is 2.45. The Kier molecular flexibility index (Phi) is 1.93. The van der Waals surface area contributed by atoms with Crippen molar-refractivity contribution in [3.63, 3.8) is 0 Å². The van der Waals surface area contributed by atoms with Crippen molar-refractivity contribution in [1.29, 1.82) is 0 Å². The topological polar surface area (TPSA) is 0 Å². The molecule has 0 spiro atoms. The molecule has 2 atom stereocenters. The number of hydrogen-bond donors (Lipinski definition) is 0. The van der Waals surface area contributed by atoms with Crippen LogP contribution in [-0.4, -0.2) is 6.71 Å². The standard InChI is InChI=1S/C13H17B/c1-10-2-6-13(7-3-10)14-8-11-4-5-12(11)9-14/h2-3,6-7,11-12H,4-5,8-9H2,1H3. The molecule has 1 aliphatic carbocycles. The van der Waals surface area contributed by atoms with Crippen LogP contribution in [0, 0.1) is 18.8 Å². The first kappa shape index (κ1) is 8.58. The summed E-state index contributed by atoms with van der Waals surface area (Å²) in [4.78, 5) is 0. The first-order valence-corrected chi connectivity index (χ1v) is 5.89. The zero-order valence-electron chi connectivity index (χ0n) is 8.87. The fourth-order valence-corrected chi connectivity index (χ4v) is 3.20. The second-order valence-corrected chi connectivity index (χ2v) is 5.18. The van der Waals surface area contributed by atoms with Crippen LogP contribution in [0.25, 0.3) is 0 Å². The van der Waals surface area contributed by atoms with Crippen LogP contribution in [0.4, 0.5) is 0 Å². The number of benzene rings is 1. The Morgan fingerprint density at radius 2 is 1.57 bits per heavy atom. The largest absolute Gasteiger partial charge is 0.176 e. The van der Waals surface area contributed by atoms with Crippen molar-refractivity contribution < 1.29 is 0 Å². The summed E-state index contributed by atoms with van der Waals surface area (Å²) in [5.41, 5.74) is 2.97. The van der Waals surface area contributed by atoms with Crippen LogP contribution in [0.1, 0.15) is 18.4 Å². The third kappa shape index (κ3) is 1.30. The van der Waals surface area contributed by atoms with E-state index in [1.807, 2.05) is 0 Å². The summed E-state index contributed by atoms with van der Waals surface area (Å²) in [6.45, 7) is 3.05. The van der Waals surface area contributed by atoms with Crippen molar-refractivity contribution in [2.24, 2.45) is 11.8 Å². The van der Waals surface area contributed by atoms with Gasteiger partial charge >= 0.3 is 0 Å². The van der Waals surface area contributed by atoms with E-state index in [9.17, 15) is 0 Å². The third-order valence-corrected chi connectivity index (χ3v) is 4.30. The lowest BCUT2D eigenvalue weighted by molar-refractivity contribution is 0.238. The van der Waals surface area contributed by atoms with Crippen LogP contribution in [0.2, 0.25) is 12.6 Å². The minimum atomic E-state index is 0.882. The predicted octanol–water partition coefficient (Wildman–Crippen LogP) is 2.74. The molecular weight excluding hydrogens is 167 g/mol. The van der Waals surface area contributed by atoms with E-state index >= 15 is 0 Å². The van der Waals surface area contributed by atoms with Crippen molar-refractivity contribution in [1.82, 2.24) is 0 Å². The van der Waals surface area contributed by atoms with E-state index < -0.39 is 0 Å². The second-order valence-electron chi connectivity index (χ2n) is 5.18. The van der Waals surface area contributed by atoms with E-state index in [0.717, 1.165) is 18.5 Å². The van der Waals surface area contributed by atoms with E-state index in [4.69, 9.17) is 0 Å². The molecular formula is C13H17B. The number of fused-ring (bicyclic) bond motifs is 1. The molecule has 1 aliphatic heterocycles. The van der Waals surface area contributed by atoms with Gasteiger partial charge in [-0.1, -0.05) is 60.8 Å². The molecule has 1 aromatic carbocycles. The van der Waals surface area contributed by atoms with E-state index in [-0.39, 0.29) is 0 Å². The lowest BCUT2D eigenvalue weighted by Crippen LogP contribution is -2.26. The molecule has 2 unspecified atom stereocenters. The molecule has 3 rings (SSSR count). The Morgan fingerprint density at radius 3 is 2.07 bits per heavy atom. The Bertz CT molecular complexity index is 316. The van der Waals surface area contributed by atoms with E-state index in [1.165, 1.54) is 31.0 Å². The van der Waals surface area contributed by atoms with Gasteiger partial charge in [0.1, 0.15) is 0 Å². The molecule has 14 heavy (non-hydrogen) atoms. The molecule has 0 radical (unpaired) electrons. The van der Waals surface area contributed by atoms with Crippen LogP contribution in [0.5, 0.6) is 0 Å². The van der Waals surface area contributed by atoms with Crippen molar-refractivity contribution in [2.45, 2.75) is 32.4 Å². The predicted molar refractivity (Wildman–Crippen MR) is 62.4 cm³/mol. The number of aryl methyl sites for hydroxylation is 1. The van der Waals surface area contributed by atoms with E-state index in [2.05, 4.69) is 31.2 Å². The Balaban J connectivity index is 1.79. The van der Waals surface area contributed by atoms with Gasteiger partial charge in [-0.15, -0.1) is 0 Å². The molecule has 1 aromatic rings. The van der Waals surface area contributed by atoms with Crippen molar-refractivity contribution >= 4 is 12.2 Å². The van der Waals surface area contributed by atoms with Gasteiger partial charge in [0.15, 0.2) is 6.71 Å². The summed E-state index contributed by atoms with van der Waals surface area (Å²) >= 11 is 0. The molecule has 0 bridgehead atoms. The van der Waals surface area contributed by atoms with Crippen LogP contribution in [0.15, 0.2) is 24.3 Å². The molecule has 0 N–H and O–H groups in total. The van der Waals surface area contributed by atoms with Gasteiger partial charge in [-0.3, -0.25) is 0 Å². The smallest absolute Gasteiger partial charge is 0.0800 e. The van der Waals surface area contributed by atoms with Gasteiger partial charge in [-0.05, 0) is 18.8 Å². The van der Waals surface area contributed by atoms with Crippen LogP contribution < -0.4 is 5.46 Å². The molecule has 1 saturated carbocycles. The molecule has 0 aromatic heterocycles. The maximum atomic E-state index is 2.34. The van der Waals surface area contributed by atoms with Gasteiger partial charge in [-0.25, -0.2) is 0 Å². The van der Waals surface area contributed by atoms with Crippen LogP contribution >= 0.6 is 0 Å². The highest BCUT2D eigenvalue weighted by molar-refractivity contribution is 6.74. The monoisotopic (exact) mass is 184 g/mol. The second kappa shape index (κ2) is 3.15. The molecule has 1 saturated heterocycles. The molecule has 2 fully saturated rings. The summed E-state index contributed by atoms with van der Waals surface area (Å²) in [7, 11) is 0. The molecule has 2 aliphatic rings. The van der Waals surface area contributed by atoms with Crippen molar-refractivity contribution in [2.75, 3.05) is 0 Å². The normalized spacial score (nSPS) is 29.9. The Hall–Kier alpha value is -0.715. The Labute approximate surface area is 86.8 Å². The summed E-state index contributed by atoms with van der Waals surface area (Å²) in [5.74, 6) is 2.17. The first-order chi connectivity index (χ1) is 6.83. The SMILES string of the molecule is Cc1ccc(B2CC3CCC3C2)cc1. The van der Waals surface area contributed by atoms with Gasteiger partial charge in [0.05, 0.1) is 0 Å². The lowest BCUT2D eigenvalue weighted by atomic mass is 9.43. The zero-order chi connectivity index (χ0) is 9.54. The molecule has 1 heteroatoms. The van der Waals surface area contributed by atoms with Gasteiger partial charge in [-0.2, -0.15) is 0 Å². The zero-order valence-corrected chi connectivity index (χ0v) is 8.87. The van der Waals surface area contributed by atoms with E-state index in [0.29, 0.717) is 0 Å². The fraction of sp³-hybridized carbons (Fsp3) is 0.538. The first-order valence-electron chi connectivity index (χ1n) is 5.89. The number of hydrogen-bond acceptors (Lipinski definition) is 0. The summed E-state index contributed by atoms with van der Waals surface area (Å²) in [5, 5.41) is 0. The molecule has 1 heterocycles. The summed E-state index contributed by atoms with van der Waals surface area (Å²) < 4.78 is 0. The highest BCUT2D eigenvalue weighted by Crippen LogP contribution is 2.47. The quantitative estimate of drug-likeness (QED) is 0.588. The molecule has 72 valence electrons. The van der Waals surface area contributed by atoms with Crippen molar-refractivity contribution in [3.8, 4) is 0 Å². The van der Waals surface area contributed by atoms with Gasteiger partial charge < -0.3 is 0 Å². The summed E-state index contributed by atoms with van der Waals surface area (Å²) in [6, 6.07) is 9.20. The van der Waals surface area contributed by atoms with Crippen LogP contribution in [-0.2, 0) is 0 Å². The maximum Gasteiger partial charge on any atom is 0.176 e. The fourth-order valence-electron chi connectivity index (χ4n) is 3.20. The molecule has 0 amide bonds. The average molecular weight is 184 g/mol. The number of rotatable bonds is 1.